The van der Waals surface area contributed by atoms with Crippen LogP contribution in [0.3, 0.4) is 0 Å². The molecule has 3 N–H and O–H groups in total. The molecule has 4 aromatic rings. The van der Waals surface area contributed by atoms with E-state index in [1.807, 2.05) is 24.5 Å². The van der Waals surface area contributed by atoms with Crippen molar-refractivity contribution in [1.29, 1.82) is 0 Å². The highest BCUT2D eigenvalue weighted by molar-refractivity contribution is 5.84. The van der Waals surface area contributed by atoms with E-state index in [4.69, 9.17) is 4.98 Å². The Balaban J connectivity index is 1.37. The Labute approximate surface area is 218 Å². The van der Waals surface area contributed by atoms with Crippen LogP contribution in [0, 0.1) is 6.92 Å². The van der Waals surface area contributed by atoms with E-state index in [-0.39, 0.29) is 0 Å². The second-order valence-corrected chi connectivity index (χ2v) is 11.1. The van der Waals surface area contributed by atoms with Crippen LogP contribution in [0.25, 0.3) is 27.9 Å². The summed E-state index contributed by atoms with van der Waals surface area (Å²) in [6.45, 7) is 12.9. The van der Waals surface area contributed by atoms with Crippen LogP contribution < -0.4 is 5.32 Å². The summed E-state index contributed by atoms with van der Waals surface area (Å²) >= 11 is 0. The van der Waals surface area contributed by atoms with E-state index in [0.29, 0.717) is 11.7 Å². The van der Waals surface area contributed by atoms with Crippen molar-refractivity contribution in [2.45, 2.75) is 58.2 Å². The van der Waals surface area contributed by atoms with Crippen molar-refractivity contribution in [3.8, 4) is 11.1 Å². The van der Waals surface area contributed by atoms with Crippen LogP contribution >= 0.6 is 0 Å². The molecule has 0 amide bonds. The van der Waals surface area contributed by atoms with Crippen molar-refractivity contribution in [3.63, 3.8) is 0 Å². The van der Waals surface area contributed by atoms with Crippen LogP contribution in [0.1, 0.15) is 66.2 Å². The van der Waals surface area contributed by atoms with E-state index in [9.17, 15) is 5.11 Å². The third-order valence-corrected chi connectivity index (χ3v) is 7.99. The molecule has 190 valence electrons. The number of nitrogens with one attached hydrogen (secondary N) is 2. The van der Waals surface area contributed by atoms with Gasteiger partial charge in [-0.2, -0.15) is 0 Å². The molecular formula is C31H35N5O. The number of nitrogens with zero attached hydrogens (tertiary/aromatic N) is 3. The average Bonchev–Trinajstić information content (AvgIpc) is 3.57. The highest BCUT2D eigenvalue weighted by Crippen LogP contribution is 2.38. The first-order valence-corrected chi connectivity index (χ1v) is 13.2. The van der Waals surface area contributed by atoms with Gasteiger partial charge in [-0.3, -0.25) is 4.98 Å². The topological polar surface area (TPSA) is 77.1 Å². The van der Waals surface area contributed by atoms with E-state index >= 15 is 0 Å². The third-order valence-electron chi connectivity index (χ3n) is 7.99. The van der Waals surface area contributed by atoms with Crippen LogP contribution in [0.5, 0.6) is 0 Å². The monoisotopic (exact) mass is 493 g/mol. The van der Waals surface area contributed by atoms with Gasteiger partial charge in [-0.05, 0) is 98.7 Å². The SMILES string of the molecule is C=C(c1ccnc(C(C)(C)O)c1)N1CCc2cc(-c3cnc4[nH]cc(C)c4c3)cc(C3CCCN3)c2C1. The fourth-order valence-corrected chi connectivity index (χ4v) is 5.78. The summed E-state index contributed by atoms with van der Waals surface area (Å²) in [5.74, 6) is 0. The molecule has 0 spiro atoms. The lowest BCUT2D eigenvalue weighted by molar-refractivity contribution is 0.0738. The first kappa shape index (κ1) is 23.9. The van der Waals surface area contributed by atoms with Crippen LogP contribution in [-0.4, -0.2) is 38.0 Å². The van der Waals surface area contributed by atoms with Crippen LogP contribution in [0.2, 0.25) is 0 Å². The Morgan fingerprint density at radius 2 is 2.03 bits per heavy atom. The summed E-state index contributed by atoms with van der Waals surface area (Å²) in [4.78, 5) is 14.7. The Morgan fingerprint density at radius 3 is 2.81 bits per heavy atom. The summed E-state index contributed by atoms with van der Waals surface area (Å²) in [6.07, 6.45) is 9.10. The first-order valence-electron chi connectivity index (χ1n) is 13.2. The molecule has 0 radical (unpaired) electrons. The molecule has 1 fully saturated rings. The molecule has 6 rings (SSSR count). The Bertz CT molecular complexity index is 1490. The molecule has 5 heterocycles. The van der Waals surface area contributed by atoms with Crippen molar-refractivity contribution in [1.82, 2.24) is 25.2 Å². The number of aliphatic hydroxyl groups is 1. The molecule has 2 aliphatic heterocycles. The second-order valence-electron chi connectivity index (χ2n) is 11.1. The van der Waals surface area contributed by atoms with E-state index in [1.54, 1.807) is 20.0 Å². The van der Waals surface area contributed by atoms with Crippen molar-refractivity contribution < 1.29 is 5.11 Å². The molecule has 6 heteroatoms. The lowest BCUT2D eigenvalue weighted by Gasteiger charge is -2.35. The van der Waals surface area contributed by atoms with Gasteiger partial charge < -0.3 is 20.3 Å². The van der Waals surface area contributed by atoms with Gasteiger partial charge in [0.1, 0.15) is 11.2 Å². The van der Waals surface area contributed by atoms with Crippen molar-refractivity contribution in [2.24, 2.45) is 0 Å². The number of hydrogen-bond acceptors (Lipinski definition) is 5. The van der Waals surface area contributed by atoms with E-state index in [2.05, 4.69) is 51.9 Å². The van der Waals surface area contributed by atoms with Gasteiger partial charge in [0.05, 0.1) is 5.69 Å². The maximum atomic E-state index is 10.5. The molecule has 0 aliphatic carbocycles. The lowest BCUT2D eigenvalue weighted by Crippen LogP contribution is -2.31. The van der Waals surface area contributed by atoms with Gasteiger partial charge in [-0.1, -0.05) is 12.6 Å². The lowest BCUT2D eigenvalue weighted by atomic mass is 9.86. The molecule has 0 saturated carbocycles. The fourth-order valence-electron chi connectivity index (χ4n) is 5.78. The largest absolute Gasteiger partial charge is 0.384 e. The predicted molar refractivity (Wildman–Crippen MR) is 149 cm³/mol. The number of rotatable bonds is 5. The van der Waals surface area contributed by atoms with Crippen molar-refractivity contribution in [3.05, 3.63) is 89.0 Å². The van der Waals surface area contributed by atoms with Gasteiger partial charge in [-0.15, -0.1) is 0 Å². The summed E-state index contributed by atoms with van der Waals surface area (Å²) in [6, 6.07) is 11.3. The molecule has 3 aromatic heterocycles. The van der Waals surface area contributed by atoms with Gasteiger partial charge in [-0.25, -0.2) is 4.98 Å². The molecule has 2 aliphatic rings. The number of aromatic nitrogens is 3. The smallest absolute Gasteiger partial charge is 0.137 e. The molecule has 1 unspecified atom stereocenters. The standard InChI is InChI=1S/C31H35N5O/c1-19-16-34-30-25(19)14-24(17-35-30)23-12-22-8-11-36(18-27(22)26(13-23)28-6-5-9-32-28)20(2)21-7-10-33-29(15-21)31(3,4)37/h7,10,12-17,28,32,37H,2,5-6,8-9,11,18H2,1,3-4H3,(H,34,35). The first-order chi connectivity index (χ1) is 17.8. The normalized spacial score (nSPS) is 17.8. The number of aryl methyl sites for hydroxylation is 1. The molecule has 0 bridgehead atoms. The van der Waals surface area contributed by atoms with Gasteiger partial charge in [0.15, 0.2) is 0 Å². The Hall–Kier alpha value is -3.48. The highest BCUT2D eigenvalue weighted by Gasteiger charge is 2.27. The number of pyridine rings is 2. The zero-order valence-electron chi connectivity index (χ0n) is 21.9. The summed E-state index contributed by atoms with van der Waals surface area (Å²) in [7, 11) is 0. The molecule has 37 heavy (non-hydrogen) atoms. The zero-order chi connectivity index (χ0) is 25.7. The van der Waals surface area contributed by atoms with Gasteiger partial charge in [0, 0.05) is 59.9 Å². The number of H-pyrrole nitrogens is 1. The van der Waals surface area contributed by atoms with E-state index in [0.717, 1.165) is 49.4 Å². The number of benzene rings is 1. The molecular weight excluding hydrogens is 458 g/mol. The number of hydrogen-bond donors (Lipinski definition) is 3. The summed E-state index contributed by atoms with van der Waals surface area (Å²) in [5, 5.41) is 15.4. The second kappa shape index (κ2) is 9.12. The summed E-state index contributed by atoms with van der Waals surface area (Å²) in [5.41, 5.74) is 10.5. The summed E-state index contributed by atoms with van der Waals surface area (Å²) < 4.78 is 0. The zero-order valence-corrected chi connectivity index (χ0v) is 21.9. The average molecular weight is 494 g/mol. The number of aromatic amines is 1. The maximum Gasteiger partial charge on any atom is 0.137 e. The van der Waals surface area contributed by atoms with E-state index in [1.165, 1.54) is 45.2 Å². The van der Waals surface area contributed by atoms with Crippen LogP contribution in [0.15, 0.2) is 55.5 Å². The van der Waals surface area contributed by atoms with Crippen LogP contribution in [-0.2, 0) is 18.6 Å². The minimum absolute atomic E-state index is 0.371. The quantitative estimate of drug-likeness (QED) is 0.337. The Kier molecular flexibility index (Phi) is 5.89. The minimum Gasteiger partial charge on any atom is -0.384 e. The predicted octanol–water partition coefficient (Wildman–Crippen LogP) is 5.61. The number of fused-ring (bicyclic) bond motifs is 2. The third kappa shape index (κ3) is 4.45. The molecule has 6 nitrogen and oxygen atoms in total. The Morgan fingerprint density at radius 1 is 1.16 bits per heavy atom. The molecule has 1 atom stereocenters. The molecule has 1 aromatic carbocycles. The van der Waals surface area contributed by atoms with Crippen LogP contribution in [0.4, 0.5) is 0 Å². The van der Waals surface area contributed by atoms with Gasteiger partial charge in [0.2, 0.25) is 0 Å². The fraction of sp³-hybridized carbons (Fsp3) is 0.355. The maximum absolute atomic E-state index is 10.5. The minimum atomic E-state index is -0.987. The van der Waals surface area contributed by atoms with Crippen molar-refractivity contribution >= 4 is 16.7 Å². The van der Waals surface area contributed by atoms with Gasteiger partial charge >= 0.3 is 0 Å². The van der Waals surface area contributed by atoms with Crippen molar-refractivity contribution in [2.75, 3.05) is 13.1 Å². The van der Waals surface area contributed by atoms with Gasteiger partial charge in [0.25, 0.3) is 0 Å². The molecule has 1 saturated heterocycles. The van der Waals surface area contributed by atoms with E-state index < -0.39 is 5.60 Å². The highest BCUT2D eigenvalue weighted by atomic mass is 16.3.